The van der Waals surface area contributed by atoms with Crippen molar-refractivity contribution in [2.45, 2.75) is 24.9 Å². The SMILES string of the molecule is COc1ccc(C(O)(c2ccc(CCCC(=O)O)cc2)c2ccc(OC)cc2)cc1. The molecule has 2 N–H and O–H groups in total. The molecule has 0 heterocycles. The highest BCUT2D eigenvalue weighted by atomic mass is 16.5. The highest BCUT2D eigenvalue weighted by Gasteiger charge is 2.34. The molecular weight excluding hydrogens is 380 g/mol. The maximum Gasteiger partial charge on any atom is 0.303 e. The molecule has 0 amide bonds. The molecule has 0 saturated carbocycles. The first-order valence-corrected chi connectivity index (χ1v) is 9.80. The minimum Gasteiger partial charge on any atom is -0.497 e. The molecule has 0 radical (unpaired) electrons. The molecule has 0 unspecified atom stereocenters. The summed E-state index contributed by atoms with van der Waals surface area (Å²) < 4.78 is 10.5. The van der Waals surface area contributed by atoms with Gasteiger partial charge in [-0.3, -0.25) is 4.79 Å². The Morgan fingerprint density at radius 3 is 1.53 bits per heavy atom. The van der Waals surface area contributed by atoms with Crippen LogP contribution < -0.4 is 9.47 Å². The van der Waals surface area contributed by atoms with Crippen LogP contribution in [0.5, 0.6) is 11.5 Å². The summed E-state index contributed by atoms with van der Waals surface area (Å²) in [7, 11) is 3.21. The van der Waals surface area contributed by atoms with E-state index in [9.17, 15) is 9.90 Å². The number of aliphatic hydroxyl groups is 1. The van der Waals surface area contributed by atoms with E-state index in [1.54, 1.807) is 14.2 Å². The number of hydrogen-bond acceptors (Lipinski definition) is 4. The Morgan fingerprint density at radius 2 is 1.17 bits per heavy atom. The lowest BCUT2D eigenvalue weighted by atomic mass is 9.80. The van der Waals surface area contributed by atoms with Crippen LogP contribution in [0.1, 0.15) is 35.1 Å². The molecule has 0 spiro atoms. The van der Waals surface area contributed by atoms with Crippen molar-refractivity contribution in [3.05, 3.63) is 95.1 Å². The largest absolute Gasteiger partial charge is 0.497 e. The van der Waals surface area contributed by atoms with Gasteiger partial charge in [-0.1, -0.05) is 48.5 Å². The van der Waals surface area contributed by atoms with Gasteiger partial charge in [0.2, 0.25) is 0 Å². The lowest BCUT2D eigenvalue weighted by molar-refractivity contribution is -0.137. The Balaban J connectivity index is 1.99. The van der Waals surface area contributed by atoms with Crippen LogP contribution in [0.4, 0.5) is 0 Å². The first kappa shape index (κ1) is 21.4. The molecule has 0 aliphatic carbocycles. The van der Waals surface area contributed by atoms with Crippen molar-refractivity contribution < 1.29 is 24.5 Å². The van der Waals surface area contributed by atoms with Gasteiger partial charge in [0.15, 0.2) is 0 Å². The molecule has 0 aromatic heterocycles. The van der Waals surface area contributed by atoms with Gasteiger partial charge in [-0.2, -0.15) is 0 Å². The molecule has 5 nitrogen and oxygen atoms in total. The summed E-state index contributed by atoms with van der Waals surface area (Å²) in [6.07, 6.45) is 1.40. The molecule has 0 fully saturated rings. The second-order valence-electron chi connectivity index (χ2n) is 7.11. The van der Waals surface area contributed by atoms with E-state index in [4.69, 9.17) is 14.6 Å². The highest BCUT2D eigenvalue weighted by molar-refractivity contribution is 5.66. The summed E-state index contributed by atoms with van der Waals surface area (Å²) in [5, 5.41) is 20.8. The van der Waals surface area contributed by atoms with Crippen LogP contribution in [0.2, 0.25) is 0 Å². The first-order valence-electron chi connectivity index (χ1n) is 9.80. The standard InChI is InChI=1S/C25H26O5/c1-29-22-14-10-20(11-15-22)25(28,21-12-16-23(30-2)17-13-21)19-8-6-18(7-9-19)4-3-5-24(26)27/h6-17,28H,3-5H2,1-2H3,(H,26,27). The van der Waals surface area contributed by atoms with Crippen LogP contribution in [0, 0.1) is 0 Å². The topological polar surface area (TPSA) is 76.0 Å². The summed E-state index contributed by atoms with van der Waals surface area (Å²) in [5.74, 6) is 0.634. The number of hydrogen-bond donors (Lipinski definition) is 2. The second kappa shape index (κ2) is 9.46. The van der Waals surface area contributed by atoms with Crippen LogP contribution >= 0.6 is 0 Å². The molecule has 30 heavy (non-hydrogen) atoms. The predicted octanol–water partition coefficient (Wildman–Crippen LogP) is 4.40. The van der Waals surface area contributed by atoms with Crippen molar-refractivity contribution in [2.75, 3.05) is 14.2 Å². The van der Waals surface area contributed by atoms with Crippen LogP contribution in [0.25, 0.3) is 0 Å². The van der Waals surface area contributed by atoms with Gasteiger partial charge in [0.1, 0.15) is 17.1 Å². The molecule has 0 bridgehead atoms. The van der Waals surface area contributed by atoms with Crippen molar-refractivity contribution in [3.63, 3.8) is 0 Å². The minimum atomic E-state index is -1.36. The van der Waals surface area contributed by atoms with Gasteiger partial charge in [-0.05, 0) is 59.4 Å². The number of carboxylic acids is 1. The Kier molecular flexibility index (Phi) is 6.75. The number of carbonyl (C=O) groups is 1. The molecule has 0 aliphatic heterocycles. The summed E-state index contributed by atoms with van der Waals surface area (Å²) in [6.45, 7) is 0. The third-order valence-electron chi connectivity index (χ3n) is 5.24. The molecule has 156 valence electrons. The molecule has 0 atom stereocenters. The highest BCUT2D eigenvalue weighted by Crippen LogP contribution is 2.38. The number of aliphatic carboxylic acids is 1. The van der Waals surface area contributed by atoms with E-state index in [0.717, 1.165) is 11.1 Å². The monoisotopic (exact) mass is 406 g/mol. The summed E-state index contributed by atoms with van der Waals surface area (Å²) >= 11 is 0. The van der Waals surface area contributed by atoms with Gasteiger partial charge in [0, 0.05) is 6.42 Å². The van der Waals surface area contributed by atoms with Gasteiger partial charge in [0.25, 0.3) is 0 Å². The Bertz CT molecular complexity index is 912. The van der Waals surface area contributed by atoms with E-state index in [1.807, 2.05) is 72.8 Å². The van der Waals surface area contributed by atoms with E-state index in [0.29, 0.717) is 35.5 Å². The quantitative estimate of drug-likeness (QED) is 0.515. The van der Waals surface area contributed by atoms with Crippen molar-refractivity contribution in [2.24, 2.45) is 0 Å². The van der Waals surface area contributed by atoms with Crippen LogP contribution in [-0.4, -0.2) is 30.4 Å². The zero-order valence-corrected chi connectivity index (χ0v) is 17.2. The summed E-state index contributed by atoms with van der Waals surface area (Å²) in [6, 6.07) is 22.4. The van der Waals surface area contributed by atoms with Crippen LogP contribution in [0.3, 0.4) is 0 Å². The van der Waals surface area contributed by atoms with Crippen LogP contribution in [0.15, 0.2) is 72.8 Å². The lowest BCUT2D eigenvalue weighted by Gasteiger charge is -2.30. The van der Waals surface area contributed by atoms with Gasteiger partial charge in [-0.25, -0.2) is 0 Å². The smallest absolute Gasteiger partial charge is 0.303 e. The first-order chi connectivity index (χ1) is 14.5. The minimum absolute atomic E-state index is 0.142. The average Bonchev–Trinajstić information content (AvgIpc) is 2.79. The van der Waals surface area contributed by atoms with Gasteiger partial charge in [-0.15, -0.1) is 0 Å². The molecule has 3 aromatic carbocycles. The van der Waals surface area contributed by atoms with Gasteiger partial charge in [0.05, 0.1) is 14.2 Å². The van der Waals surface area contributed by atoms with Gasteiger partial charge >= 0.3 is 5.97 Å². The zero-order chi connectivity index (χ0) is 21.6. The lowest BCUT2D eigenvalue weighted by Crippen LogP contribution is -2.28. The summed E-state index contributed by atoms with van der Waals surface area (Å²) in [4.78, 5) is 10.7. The van der Waals surface area contributed by atoms with Crippen molar-refractivity contribution >= 4 is 5.97 Å². The van der Waals surface area contributed by atoms with Crippen molar-refractivity contribution in [3.8, 4) is 11.5 Å². The van der Waals surface area contributed by atoms with E-state index >= 15 is 0 Å². The number of rotatable bonds is 9. The van der Waals surface area contributed by atoms with E-state index in [2.05, 4.69) is 0 Å². The van der Waals surface area contributed by atoms with Gasteiger partial charge < -0.3 is 19.7 Å². The third-order valence-corrected chi connectivity index (χ3v) is 5.24. The normalized spacial score (nSPS) is 11.2. The fourth-order valence-electron chi connectivity index (χ4n) is 3.52. The fraction of sp³-hybridized carbons (Fsp3) is 0.240. The molecule has 0 aliphatic rings. The Hall–Kier alpha value is -3.31. The molecule has 3 rings (SSSR count). The molecule has 3 aromatic rings. The maximum absolute atomic E-state index is 11.9. The van der Waals surface area contributed by atoms with Crippen molar-refractivity contribution in [1.29, 1.82) is 0 Å². The number of benzene rings is 3. The fourth-order valence-corrected chi connectivity index (χ4v) is 3.52. The maximum atomic E-state index is 11.9. The Morgan fingerprint density at radius 1 is 0.767 bits per heavy atom. The summed E-state index contributed by atoms with van der Waals surface area (Å²) in [5.41, 5.74) is 1.82. The molecule has 5 heteroatoms. The zero-order valence-electron chi connectivity index (χ0n) is 17.2. The number of aryl methyl sites for hydroxylation is 1. The number of methoxy groups -OCH3 is 2. The Labute approximate surface area is 176 Å². The predicted molar refractivity (Wildman–Crippen MR) is 115 cm³/mol. The van der Waals surface area contributed by atoms with E-state index < -0.39 is 11.6 Å². The second-order valence-corrected chi connectivity index (χ2v) is 7.11. The average molecular weight is 406 g/mol. The van der Waals surface area contributed by atoms with E-state index in [1.165, 1.54) is 0 Å². The van der Waals surface area contributed by atoms with E-state index in [-0.39, 0.29) is 6.42 Å². The number of carboxylic acid groups (broad SMARTS) is 1. The van der Waals surface area contributed by atoms with Crippen molar-refractivity contribution in [1.82, 2.24) is 0 Å². The van der Waals surface area contributed by atoms with Crippen LogP contribution in [-0.2, 0) is 16.8 Å². The third kappa shape index (κ3) is 4.63. The number of ether oxygens (including phenoxy) is 2. The molecular formula is C25H26O5. The molecule has 0 saturated heterocycles.